The Labute approximate surface area is 90.5 Å². The van der Waals surface area contributed by atoms with Crippen molar-refractivity contribution in [3.8, 4) is 11.8 Å². The Bertz CT molecular complexity index is 386. The minimum absolute atomic E-state index is 0.319. The predicted molar refractivity (Wildman–Crippen MR) is 58.8 cm³/mol. The first kappa shape index (κ1) is 10.0. The van der Waals surface area contributed by atoms with Crippen LogP contribution in [-0.4, -0.2) is 6.10 Å². The molecule has 1 aromatic rings. The van der Waals surface area contributed by atoms with Crippen molar-refractivity contribution in [3.63, 3.8) is 0 Å². The fourth-order valence-electron chi connectivity index (χ4n) is 2.02. The van der Waals surface area contributed by atoms with E-state index in [2.05, 4.69) is 6.07 Å². The molecule has 2 rings (SSSR count). The van der Waals surface area contributed by atoms with E-state index in [9.17, 15) is 0 Å². The molecule has 78 valence electrons. The van der Waals surface area contributed by atoms with Crippen molar-refractivity contribution >= 4 is 0 Å². The summed E-state index contributed by atoms with van der Waals surface area (Å²) < 4.78 is 5.83. The molecule has 0 aliphatic heterocycles. The van der Waals surface area contributed by atoms with Gasteiger partial charge in [-0.05, 0) is 50.3 Å². The van der Waals surface area contributed by atoms with Crippen LogP contribution < -0.4 is 4.74 Å². The SMILES string of the molecule is Cc1ccc(OC2CCCC2)c(C#N)c1. The first-order valence-electron chi connectivity index (χ1n) is 5.47. The number of rotatable bonds is 2. The maximum absolute atomic E-state index is 8.99. The van der Waals surface area contributed by atoms with Crippen LogP contribution in [0.2, 0.25) is 0 Å². The average molecular weight is 201 g/mol. The number of hydrogen-bond donors (Lipinski definition) is 0. The number of hydrogen-bond acceptors (Lipinski definition) is 2. The molecule has 1 aliphatic carbocycles. The van der Waals surface area contributed by atoms with Gasteiger partial charge in [-0.3, -0.25) is 0 Å². The van der Waals surface area contributed by atoms with Crippen molar-refractivity contribution in [3.05, 3.63) is 29.3 Å². The molecule has 0 atom stereocenters. The van der Waals surface area contributed by atoms with Gasteiger partial charge in [0.15, 0.2) is 0 Å². The second-order valence-corrected chi connectivity index (χ2v) is 4.14. The molecule has 0 N–H and O–H groups in total. The zero-order valence-corrected chi connectivity index (χ0v) is 8.99. The summed E-state index contributed by atoms with van der Waals surface area (Å²) in [4.78, 5) is 0. The van der Waals surface area contributed by atoms with Crippen molar-refractivity contribution in [2.24, 2.45) is 0 Å². The quantitative estimate of drug-likeness (QED) is 0.736. The summed E-state index contributed by atoms with van der Waals surface area (Å²) >= 11 is 0. The minimum atomic E-state index is 0.319. The summed E-state index contributed by atoms with van der Waals surface area (Å²) in [7, 11) is 0. The molecule has 1 fully saturated rings. The lowest BCUT2D eigenvalue weighted by Crippen LogP contribution is -2.11. The van der Waals surface area contributed by atoms with E-state index in [0.717, 1.165) is 24.2 Å². The Morgan fingerprint density at radius 3 is 2.73 bits per heavy atom. The molecular formula is C13H15NO. The maximum Gasteiger partial charge on any atom is 0.137 e. The molecule has 0 radical (unpaired) electrons. The van der Waals surface area contributed by atoms with Gasteiger partial charge in [0.2, 0.25) is 0 Å². The molecule has 2 nitrogen and oxygen atoms in total. The monoisotopic (exact) mass is 201 g/mol. The molecule has 1 saturated carbocycles. The van der Waals surface area contributed by atoms with Gasteiger partial charge in [-0.25, -0.2) is 0 Å². The lowest BCUT2D eigenvalue weighted by atomic mass is 10.1. The molecule has 1 aliphatic rings. The molecule has 0 amide bonds. The Kier molecular flexibility index (Phi) is 2.91. The van der Waals surface area contributed by atoms with Gasteiger partial charge in [0.05, 0.1) is 11.7 Å². The Hall–Kier alpha value is -1.49. The van der Waals surface area contributed by atoms with Crippen molar-refractivity contribution in [1.29, 1.82) is 5.26 Å². The zero-order valence-electron chi connectivity index (χ0n) is 8.99. The second kappa shape index (κ2) is 4.35. The highest BCUT2D eigenvalue weighted by Gasteiger charge is 2.17. The third kappa shape index (κ3) is 2.30. The van der Waals surface area contributed by atoms with Crippen LogP contribution in [0.5, 0.6) is 5.75 Å². The van der Waals surface area contributed by atoms with Gasteiger partial charge in [0.25, 0.3) is 0 Å². The molecule has 0 spiro atoms. The van der Waals surface area contributed by atoms with Crippen molar-refractivity contribution in [1.82, 2.24) is 0 Å². The summed E-state index contributed by atoms with van der Waals surface area (Å²) in [5.41, 5.74) is 1.76. The molecule has 1 aromatic carbocycles. The summed E-state index contributed by atoms with van der Waals surface area (Å²) in [5.74, 6) is 0.745. The molecule has 2 heteroatoms. The first-order valence-corrected chi connectivity index (χ1v) is 5.47. The van der Waals surface area contributed by atoms with Gasteiger partial charge in [-0.15, -0.1) is 0 Å². The van der Waals surface area contributed by atoms with E-state index in [0.29, 0.717) is 11.7 Å². The average Bonchev–Trinajstić information content (AvgIpc) is 2.73. The van der Waals surface area contributed by atoms with Crippen LogP contribution in [0.1, 0.15) is 36.8 Å². The normalized spacial score (nSPS) is 16.3. The van der Waals surface area contributed by atoms with Gasteiger partial charge < -0.3 is 4.74 Å². The number of benzene rings is 1. The third-order valence-corrected chi connectivity index (χ3v) is 2.85. The van der Waals surface area contributed by atoms with Crippen molar-refractivity contribution in [2.75, 3.05) is 0 Å². The lowest BCUT2D eigenvalue weighted by molar-refractivity contribution is 0.209. The summed E-state index contributed by atoms with van der Waals surface area (Å²) in [6, 6.07) is 7.96. The smallest absolute Gasteiger partial charge is 0.137 e. The van der Waals surface area contributed by atoms with Crippen LogP contribution in [0.3, 0.4) is 0 Å². The molecular weight excluding hydrogens is 186 g/mol. The molecule has 0 saturated heterocycles. The van der Waals surface area contributed by atoms with Gasteiger partial charge in [0, 0.05) is 0 Å². The minimum Gasteiger partial charge on any atom is -0.489 e. The number of nitrogens with zero attached hydrogens (tertiary/aromatic N) is 1. The Balaban J connectivity index is 2.16. The van der Waals surface area contributed by atoms with E-state index in [1.807, 2.05) is 25.1 Å². The van der Waals surface area contributed by atoms with Gasteiger partial charge in [-0.1, -0.05) is 6.07 Å². The van der Waals surface area contributed by atoms with E-state index in [1.165, 1.54) is 12.8 Å². The number of aryl methyl sites for hydroxylation is 1. The van der Waals surface area contributed by atoms with Crippen LogP contribution in [0.25, 0.3) is 0 Å². The topological polar surface area (TPSA) is 33.0 Å². The Morgan fingerprint density at radius 1 is 1.33 bits per heavy atom. The molecule has 0 unspecified atom stereocenters. The van der Waals surface area contributed by atoms with Gasteiger partial charge in [0.1, 0.15) is 11.8 Å². The highest BCUT2D eigenvalue weighted by atomic mass is 16.5. The fourth-order valence-corrected chi connectivity index (χ4v) is 2.02. The van der Waals surface area contributed by atoms with Gasteiger partial charge >= 0.3 is 0 Å². The number of ether oxygens (including phenoxy) is 1. The van der Waals surface area contributed by atoms with E-state index >= 15 is 0 Å². The zero-order chi connectivity index (χ0) is 10.7. The van der Waals surface area contributed by atoms with Crippen LogP contribution in [-0.2, 0) is 0 Å². The first-order chi connectivity index (χ1) is 7.29. The summed E-state index contributed by atoms with van der Waals surface area (Å²) in [5, 5.41) is 8.99. The number of nitriles is 1. The van der Waals surface area contributed by atoms with Crippen LogP contribution in [0, 0.1) is 18.3 Å². The van der Waals surface area contributed by atoms with Crippen molar-refractivity contribution in [2.45, 2.75) is 38.7 Å². The van der Waals surface area contributed by atoms with Crippen LogP contribution in [0.15, 0.2) is 18.2 Å². The maximum atomic E-state index is 8.99. The van der Waals surface area contributed by atoms with Crippen molar-refractivity contribution < 1.29 is 4.74 Å². The summed E-state index contributed by atoms with van der Waals surface area (Å²) in [6.07, 6.45) is 5.06. The molecule has 0 heterocycles. The van der Waals surface area contributed by atoms with Gasteiger partial charge in [-0.2, -0.15) is 5.26 Å². The second-order valence-electron chi connectivity index (χ2n) is 4.14. The third-order valence-electron chi connectivity index (χ3n) is 2.85. The molecule has 0 bridgehead atoms. The Morgan fingerprint density at radius 2 is 2.07 bits per heavy atom. The molecule has 15 heavy (non-hydrogen) atoms. The lowest BCUT2D eigenvalue weighted by Gasteiger charge is -2.14. The largest absolute Gasteiger partial charge is 0.489 e. The van der Waals surface area contributed by atoms with E-state index in [1.54, 1.807) is 0 Å². The predicted octanol–water partition coefficient (Wildman–Crippen LogP) is 3.19. The highest BCUT2D eigenvalue weighted by molar-refractivity contribution is 5.45. The van der Waals surface area contributed by atoms with Crippen LogP contribution >= 0.6 is 0 Å². The fraction of sp³-hybridized carbons (Fsp3) is 0.462. The highest BCUT2D eigenvalue weighted by Crippen LogP contribution is 2.26. The molecule has 0 aromatic heterocycles. The van der Waals surface area contributed by atoms with Crippen LogP contribution in [0.4, 0.5) is 0 Å². The standard InChI is InChI=1S/C13H15NO/c1-10-6-7-13(11(8-10)9-14)15-12-4-2-3-5-12/h6-8,12H,2-5H2,1H3. The summed E-state index contributed by atoms with van der Waals surface area (Å²) in [6.45, 7) is 1.99. The van der Waals surface area contributed by atoms with E-state index < -0.39 is 0 Å². The van der Waals surface area contributed by atoms with E-state index in [-0.39, 0.29) is 0 Å². The van der Waals surface area contributed by atoms with E-state index in [4.69, 9.17) is 10.00 Å².